The van der Waals surface area contributed by atoms with Gasteiger partial charge in [-0.1, -0.05) is 24.3 Å². The first-order valence-corrected chi connectivity index (χ1v) is 7.89. The lowest BCUT2D eigenvalue weighted by molar-refractivity contribution is -0.116. The number of aryl methyl sites for hydroxylation is 1. The lowest BCUT2D eigenvalue weighted by atomic mass is 10.1. The summed E-state index contributed by atoms with van der Waals surface area (Å²) in [4.78, 5) is 25.3. The molecule has 1 heterocycles. The van der Waals surface area contributed by atoms with Crippen molar-refractivity contribution in [2.24, 2.45) is 0 Å². The molecule has 0 radical (unpaired) electrons. The quantitative estimate of drug-likeness (QED) is 0.771. The number of carbonyl (C=O) groups excluding carboxylic acids is 2. The topological polar surface area (TPSA) is 58.2 Å². The maximum absolute atomic E-state index is 12.0. The summed E-state index contributed by atoms with van der Waals surface area (Å²) in [5, 5.41) is 7.51. The van der Waals surface area contributed by atoms with Gasteiger partial charge in [-0.3, -0.25) is 9.59 Å². The number of nitrogens with one attached hydrogen (secondary N) is 2. The predicted octanol–water partition coefficient (Wildman–Crippen LogP) is 3.24. The van der Waals surface area contributed by atoms with Crippen molar-refractivity contribution in [1.82, 2.24) is 5.32 Å². The fraction of sp³-hybridized carbons (Fsp3) is 0.176. The maximum atomic E-state index is 12.0. The summed E-state index contributed by atoms with van der Waals surface area (Å²) in [6, 6.07) is 11.0. The van der Waals surface area contributed by atoms with Crippen molar-refractivity contribution in [3.8, 4) is 0 Å². The van der Waals surface area contributed by atoms with E-state index in [0.717, 1.165) is 0 Å². The Morgan fingerprint density at radius 3 is 2.73 bits per heavy atom. The molecule has 0 bridgehead atoms. The monoisotopic (exact) mass is 314 g/mol. The number of anilines is 1. The molecule has 0 saturated carbocycles. The van der Waals surface area contributed by atoms with E-state index in [-0.39, 0.29) is 11.8 Å². The van der Waals surface area contributed by atoms with Crippen molar-refractivity contribution in [1.29, 1.82) is 0 Å². The van der Waals surface area contributed by atoms with Crippen molar-refractivity contribution in [3.63, 3.8) is 0 Å². The Kier molecular flexibility index (Phi) is 5.91. The molecule has 5 heteroatoms. The number of hydrogen-bond acceptors (Lipinski definition) is 3. The molecular weight excluding hydrogens is 296 g/mol. The Bertz CT molecular complexity index is 650. The summed E-state index contributed by atoms with van der Waals surface area (Å²) in [7, 11) is 0. The van der Waals surface area contributed by atoms with Crippen LogP contribution in [0.2, 0.25) is 0 Å². The van der Waals surface area contributed by atoms with Gasteiger partial charge < -0.3 is 10.6 Å². The first-order chi connectivity index (χ1) is 10.7. The lowest BCUT2D eigenvalue weighted by Crippen LogP contribution is -2.25. The molecule has 2 N–H and O–H groups in total. The van der Waals surface area contributed by atoms with Gasteiger partial charge in [0, 0.05) is 17.8 Å². The fourth-order valence-electron chi connectivity index (χ4n) is 1.95. The average molecular weight is 314 g/mol. The number of benzene rings is 1. The molecule has 0 unspecified atom stereocenters. The number of amides is 2. The second-order valence-corrected chi connectivity index (χ2v) is 5.70. The average Bonchev–Trinajstić information content (AvgIpc) is 3.04. The molecule has 4 nitrogen and oxygen atoms in total. The van der Waals surface area contributed by atoms with Crippen molar-refractivity contribution >= 4 is 28.8 Å². The molecule has 114 valence electrons. The van der Waals surface area contributed by atoms with Gasteiger partial charge in [0.05, 0.1) is 11.3 Å². The van der Waals surface area contributed by atoms with Gasteiger partial charge >= 0.3 is 0 Å². The standard InChI is InChI=1S/C17H18N2O2S/c1-2-11-18-17(21)14-7-3-4-8-15(14)19-16(20)10-9-13-6-5-12-22-13/h2-8,12H,1,9-11H2,(H,18,21)(H,19,20). The third kappa shape index (κ3) is 4.56. The van der Waals surface area contributed by atoms with Crippen LogP contribution >= 0.6 is 11.3 Å². The molecule has 0 fully saturated rings. The van der Waals surface area contributed by atoms with E-state index in [1.54, 1.807) is 41.7 Å². The first-order valence-electron chi connectivity index (χ1n) is 7.01. The minimum Gasteiger partial charge on any atom is -0.349 e. The van der Waals surface area contributed by atoms with Crippen molar-refractivity contribution in [2.45, 2.75) is 12.8 Å². The summed E-state index contributed by atoms with van der Waals surface area (Å²) in [5.41, 5.74) is 0.981. The van der Waals surface area contributed by atoms with Gasteiger partial charge in [0.25, 0.3) is 5.91 Å². The van der Waals surface area contributed by atoms with Crippen LogP contribution in [0.4, 0.5) is 5.69 Å². The minimum absolute atomic E-state index is 0.0997. The zero-order chi connectivity index (χ0) is 15.8. The molecule has 0 spiro atoms. The molecule has 0 aliphatic rings. The van der Waals surface area contributed by atoms with Crippen LogP contribution in [0, 0.1) is 0 Å². The summed E-state index contributed by atoms with van der Waals surface area (Å²) >= 11 is 1.63. The predicted molar refractivity (Wildman–Crippen MR) is 90.2 cm³/mol. The largest absolute Gasteiger partial charge is 0.349 e. The highest BCUT2D eigenvalue weighted by atomic mass is 32.1. The molecule has 2 rings (SSSR count). The van der Waals surface area contributed by atoms with E-state index in [4.69, 9.17) is 0 Å². The van der Waals surface area contributed by atoms with E-state index >= 15 is 0 Å². The molecule has 1 aromatic heterocycles. The number of thiophene rings is 1. The normalized spacial score (nSPS) is 10.0. The first kappa shape index (κ1) is 16.0. The van der Waals surface area contributed by atoms with Crippen LogP contribution in [0.5, 0.6) is 0 Å². The Morgan fingerprint density at radius 2 is 2.00 bits per heavy atom. The lowest BCUT2D eigenvalue weighted by Gasteiger charge is -2.10. The van der Waals surface area contributed by atoms with Gasteiger partial charge in [0.2, 0.25) is 5.91 Å². The van der Waals surface area contributed by atoms with E-state index < -0.39 is 0 Å². The van der Waals surface area contributed by atoms with Crippen LogP contribution in [0.1, 0.15) is 21.7 Å². The van der Waals surface area contributed by atoms with Crippen LogP contribution < -0.4 is 10.6 Å². The van der Waals surface area contributed by atoms with E-state index in [1.807, 2.05) is 17.5 Å². The third-order valence-corrected chi connectivity index (χ3v) is 3.97. The molecular formula is C17H18N2O2S. The molecule has 0 saturated heterocycles. The zero-order valence-corrected chi connectivity index (χ0v) is 13.0. The number of para-hydroxylation sites is 1. The Labute approximate surface area is 133 Å². The van der Waals surface area contributed by atoms with Crippen LogP contribution in [0.25, 0.3) is 0 Å². The highest BCUT2D eigenvalue weighted by Gasteiger charge is 2.12. The van der Waals surface area contributed by atoms with E-state index in [9.17, 15) is 9.59 Å². The molecule has 2 aromatic rings. The molecule has 1 aromatic carbocycles. The van der Waals surface area contributed by atoms with Gasteiger partial charge in [0.1, 0.15) is 0 Å². The van der Waals surface area contributed by atoms with Gasteiger partial charge in [-0.15, -0.1) is 17.9 Å². The second kappa shape index (κ2) is 8.14. The molecule has 2 amide bonds. The van der Waals surface area contributed by atoms with E-state index in [1.165, 1.54) is 4.88 Å². The zero-order valence-electron chi connectivity index (χ0n) is 12.2. The molecule has 22 heavy (non-hydrogen) atoms. The van der Waals surface area contributed by atoms with E-state index in [2.05, 4.69) is 17.2 Å². The minimum atomic E-state index is -0.228. The Morgan fingerprint density at radius 1 is 1.18 bits per heavy atom. The van der Waals surface area contributed by atoms with Crippen LogP contribution in [-0.4, -0.2) is 18.4 Å². The number of rotatable bonds is 7. The maximum Gasteiger partial charge on any atom is 0.253 e. The molecule has 0 aliphatic carbocycles. The van der Waals surface area contributed by atoms with Crippen molar-refractivity contribution < 1.29 is 9.59 Å². The summed E-state index contributed by atoms with van der Waals surface area (Å²) in [5.74, 6) is -0.327. The van der Waals surface area contributed by atoms with E-state index in [0.29, 0.717) is 30.6 Å². The van der Waals surface area contributed by atoms with Crippen LogP contribution in [0.3, 0.4) is 0 Å². The Hall–Kier alpha value is -2.40. The Balaban J connectivity index is 1.98. The van der Waals surface area contributed by atoms with Crippen LogP contribution in [-0.2, 0) is 11.2 Å². The fourth-order valence-corrected chi connectivity index (χ4v) is 2.66. The summed E-state index contributed by atoms with van der Waals surface area (Å²) in [6.07, 6.45) is 2.71. The van der Waals surface area contributed by atoms with Crippen LogP contribution in [0.15, 0.2) is 54.4 Å². The van der Waals surface area contributed by atoms with Gasteiger partial charge in [-0.2, -0.15) is 0 Å². The highest BCUT2D eigenvalue weighted by Crippen LogP contribution is 2.16. The third-order valence-electron chi connectivity index (χ3n) is 3.03. The second-order valence-electron chi connectivity index (χ2n) is 4.67. The van der Waals surface area contributed by atoms with Gasteiger partial charge in [-0.25, -0.2) is 0 Å². The summed E-state index contributed by atoms with van der Waals surface area (Å²) < 4.78 is 0. The summed E-state index contributed by atoms with van der Waals surface area (Å²) in [6.45, 7) is 3.95. The highest BCUT2D eigenvalue weighted by molar-refractivity contribution is 7.09. The number of hydrogen-bond donors (Lipinski definition) is 2. The van der Waals surface area contributed by atoms with Gasteiger partial charge in [-0.05, 0) is 30.0 Å². The molecule has 0 atom stereocenters. The number of carbonyl (C=O) groups is 2. The van der Waals surface area contributed by atoms with Crippen molar-refractivity contribution in [3.05, 3.63) is 64.9 Å². The van der Waals surface area contributed by atoms with Crippen molar-refractivity contribution in [2.75, 3.05) is 11.9 Å². The SMILES string of the molecule is C=CCNC(=O)c1ccccc1NC(=O)CCc1cccs1. The smallest absolute Gasteiger partial charge is 0.253 e. The van der Waals surface area contributed by atoms with Gasteiger partial charge in [0.15, 0.2) is 0 Å². The molecule has 0 aliphatic heterocycles.